The molecule has 0 saturated carbocycles. The van der Waals surface area contributed by atoms with Crippen LogP contribution in [-0.4, -0.2) is 16.5 Å². The summed E-state index contributed by atoms with van der Waals surface area (Å²) in [6, 6.07) is 9.75. The maximum atomic E-state index is 13.4. The van der Waals surface area contributed by atoms with Gasteiger partial charge in [-0.05, 0) is 29.0 Å². The van der Waals surface area contributed by atoms with Crippen LogP contribution < -0.4 is 0 Å². The van der Waals surface area contributed by atoms with Crippen LogP contribution in [0.3, 0.4) is 0 Å². The number of rotatable bonds is 3. The molecular weight excluding hydrogens is 434 g/mol. The molecule has 1 aliphatic heterocycles. The van der Waals surface area contributed by atoms with Crippen molar-refractivity contribution in [3.63, 3.8) is 0 Å². The van der Waals surface area contributed by atoms with Crippen LogP contribution in [0.15, 0.2) is 63.5 Å². The van der Waals surface area contributed by atoms with Gasteiger partial charge in [0.25, 0.3) is 5.69 Å². The Morgan fingerprint density at radius 2 is 1.41 bits per heavy atom. The molecule has 0 amide bonds. The molecule has 2 heterocycles. The molecule has 176 valence electrons. The van der Waals surface area contributed by atoms with Crippen LogP contribution in [0.2, 0.25) is 0 Å². The number of hydrogen-bond acceptors (Lipinski definition) is 6. The summed E-state index contributed by atoms with van der Waals surface area (Å²) in [5.41, 5.74) is 0.754. The molecular formula is C27H27NO6. The highest BCUT2D eigenvalue weighted by Crippen LogP contribution is 2.53. The minimum Gasteiger partial charge on any atom is -0.465 e. The van der Waals surface area contributed by atoms with E-state index in [1.165, 1.54) is 6.07 Å². The average molecular weight is 462 g/mol. The molecule has 2 aliphatic carbocycles. The second-order valence-electron chi connectivity index (χ2n) is 11.1. The van der Waals surface area contributed by atoms with E-state index in [-0.39, 0.29) is 28.1 Å². The highest BCUT2D eigenvalue weighted by atomic mass is 16.6. The van der Waals surface area contributed by atoms with E-state index >= 15 is 0 Å². The number of carbonyl (C=O) groups excluding carboxylic acids is 2. The lowest BCUT2D eigenvalue weighted by atomic mass is 9.66. The predicted molar refractivity (Wildman–Crippen MR) is 125 cm³/mol. The van der Waals surface area contributed by atoms with Crippen molar-refractivity contribution in [2.75, 3.05) is 0 Å². The van der Waals surface area contributed by atoms with Gasteiger partial charge in [-0.2, -0.15) is 0 Å². The normalized spacial score (nSPS) is 21.8. The molecule has 0 bridgehead atoms. The van der Waals surface area contributed by atoms with Crippen LogP contribution >= 0.6 is 0 Å². The Hall–Kier alpha value is -3.48. The fraction of sp³-hybridized carbons (Fsp3) is 0.407. The lowest BCUT2D eigenvalue weighted by Gasteiger charge is -2.42. The lowest BCUT2D eigenvalue weighted by molar-refractivity contribution is -0.384. The molecule has 34 heavy (non-hydrogen) atoms. The van der Waals surface area contributed by atoms with Crippen molar-refractivity contribution in [3.8, 4) is 11.3 Å². The number of nitro groups is 1. The highest BCUT2D eigenvalue weighted by Gasteiger charge is 2.48. The van der Waals surface area contributed by atoms with Crippen molar-refractivity contribution in [1.82, 2.24) is 0 Å². The molecule has 0 saturated heterocycles. The summed E-state index contributed by atoms with van der Waals surface area (Å²) in [6.45, 7) is 8.14. The van der Waals surface area contributed by atoms with Crippen LogP contribution in [0, 0.1) is 20.9 Å². The largest absolute Gasteiger partial charge is 0.465 e. The lowest BCUT2D eigenvalue weighted by Crippen LogP contribution is -2.37. The van der Waals surface area contributed by atoms with Crippen molar-refractivity contribution in [3.05, 3.63) is 74.9 Å². The number of carbonyl (C=O) groups is 2. The zero-order chi connectivity index (χ0) is 24.4. The molecule has 0 spiro atoms. The number of para-hydroxylation sites is 1. The van der Waals surface area contributed by atoms with Crippen LogP contribution in [0.25, 0.3) is 11.3 Å². The number of Topliss-reactive ketones (excluding diaryl/α,β-unsaturated/α-hetero) is 2. The van der Waals surface area contributed by atoms with Crippen molar-refractivity contribution in [2.24, 2.45) is 10.8 Å². The number of benzene rings is 1. The molecule has 0 unspecified atom stereocenters. The molecule has 2 aromatic rings. The number of furan rings is 1. The van der Waals surface area contributed by atoms with E-state index in [4.69, 9.17) is 9.15 Å². The molecule has 7 nitrogen and oxygen atoms in total. The zero-order valence-corrected chi connectivity index (χ0v) is 19.8. The summed E-state index contributed by atoms with van der Waals surface area (Å²) in [5, 5.41) is 11.5. The predicted octanol–water partition coefficient (Wildman–Crippen LogP) is 6.26. The molecule has 7 heteroatoms. The fourth-order valence-electron chi connectivity index (χ4n) is 5.45. The molecule has 0 atom stereocenters. The van der Waals surface area contributed by atoms with Crippen LogP contribution in [0.4, 0.5) is 5.69 Å². The van der Waals surface area contributed by atoms with E-state index in [2.05, 4.69) is 0 Å². The van der Waals surface area contributed by atoms with Gasteiger partial charge < -0.3 is 9.15 Å². The Morgan fingerprint density at radius 3 is 1.97 bits per heavy atom. The third kappa shape index (κ3) is 3.69. The van der Waals surface area contributed by atoms with Gasteiger partial charge >= 0.3 is 0 Å². The summed E-state index contributed by atoms with van der Waals surface area (Å²) in [5.74, 6) is 1.21. The average Bonchev–Trinajstić information content (AvgIpc) is 3.20. The minimum absolute atomic E-state index is 0.0518. The molecule has 0 fully saturated rings. The second-order valence-corrected chi connectivity index (χ2v) is 11.1. The van der Waals surface area contributed by atoms with Gasteiger partial charge in [0.15, 0.2) is 11.6 Å². The minimum atomic E-state index is -0.664. The quantitative estimate of drug-likeness (QED) is 0.395. The summed E-state index contributed by atoms with van der Waals surface area (Å²) in [7, 11) is 0. The zero-order valence-electron chi connectivity index (χ0n) is 19.8. The smallest absolute Gasteiger partial charge is 0.280 e. The van der Waals surface area contributed by atoms with E-state index in [1.807, 2.05) is 27.7 Å². The van der Waals surface area contributed by atoms with Gasteiger partial charge in [0, 0.05) is 42.9 Å². The van der Waals surface area contributed by atoms with E-state index in [0.717, 1.165) is 0 Å². The van der Waals surface area contributed by atoms with E-state index in [0.29, 0.717) is 65.4 Å². The van der Waals surface area contributed by atoms with Crippen LogP contribution in [0.5, 0.6) is 0 Å². The Kier molecular flexibility index (Phi) is 4.93. The van der Waals surface area contributed by atoms with Crippen LogP contribution in [0.1, 0.15) is 65.1 Å². The first kappa shape index (κ1) is 22.3. The Labute approximate surface area is 197 Å². The number of hydrogen-bond donors (Lipinski definition) is 0. The number of nitrogens with zero attached hydrogens (tertiary/aromatic N) is 1. The molecule has 3 aliphatic rings. The number of ketones is 2. The van der Waals surface area contributed by atoms with Crippen molar-refractivity contribution >= 4 is 17.3 Å². The maximum Gasteiger partial charge on any atom is 0.280 e. The standard InChI is InChI=1S/C27H27NO6/c1-26(2)11-17(29)23-21(13-26)34-22-14-27(3,4)12-18(30)24(22)25(23)20-10-9-19(33-20)15-7-5-6-8-16(15)28(31)32/h5-10,25H,11-14H2,1-4H3. The Bertz CT molecular complexity index is 1250. The summed E-state index contributed by atoms with van der Waals surface area (Å²) >= 11 is 0. The molecule has 0 radical (unpaired) electrons. The third-order valence-corrected chi connectivity index (χ3v) is 6.86. The second kappa shape index (κ2) is 7.52. The SMILES string of the molecule is CC1(C)CC(=O)C2=C(C1)OC1=C(C(=O)CC(C)(C)C1)C2c1ccc(-c2ccccc2[N+](=O)[O-])o1. The van der Waals surface area contributed by atoms with E-state index < -0.39 is 10.8 Å². The summed E-state index contributed by atoms with van der Waals surface area (Å²) < 4.78 is 12.5. The van der Waals surface area contributed by atoms with Crippen LogP contribution in [-0.2, 0) is 14.3 Å². The summed E-state index contributed by atoms with van der Waals surface area (Å²) in [4.78, 5) is 37.8. The Balaban J connectivity index is 1.67. The van der Waals surface area contributed by atoms with Gasteiger partial charge in [-0.3, -0.25) is 19.7 Å². The van der Waals surface area contributed by atoms with Crippen molar-refractivity contribution < 1.29 is 23.7 Å². The molecule has 1 aromatic carbocycles. The fourth-order valence-corrected chi connectivity index (χ4v) is 5.45. The topological polar surface area (TPSA) is 99.7 Å². The van der Waals surface area contributed by atoms with Gasteiger partial charge in [0.1, 0.15) is 23.0 Å². The number of nitro benzene ring substituents is 1. The highest BCUT2D eigenvalue weighted by molar-refractivity contribution is 6.06. The number of ether oxygens (including phenoxy) is 1. The first-order valence-electron chi connectivity index (χ1n) is 11.5. The van der Waals surface area contributed by atoms with Gasteiger partial charge in [0.2, 0.25) is 0 Å². The third-order valence-electron chi connectivity index (χ3n) is 6.86. The maximum absolute atomic E-state index is 13.4. The first-order valence-corrected chi connectivity index (χ1v) is 11.5. The number of allylic oxidation sites excluding steroid dienone is 4. The van der Waals surface area contributed by atoms with Crippen molar-refractivity contribution in [1.29, 1.82) is 0 Å². The molecule has 5 rings (SSSR count). The first-order chi connectivity index (χ1) is 16.0. The Morgan fingerprint density at radius 1 is 0.853 bits per heavy atom. The van der Waals surface area contributed by atoms with Gasteiger partial charge in [0.05, 0.1) is 16.4 Å². The monoisotopic (exact) mass is 461 g/mol. The summed E-state index contributed by atoms with van der Waals surface area (Å²) in [6.07, 6.45) is 1.89. The van der Waals surface area contributed by atoms with E-state index in [9.17, 15) is 19.7 Å². The van der Waals surface area contributed by atoms with E-state index in [1.54, 1.807) is 30.3 Å². The molecule has 1 aromatic heterocycles. The molecule has 0 N–H and O–H groups in total. The van der Waals surface area contributed by atoms with Gasteiger partial charge in [-0.1, -0.05) is 39.8 Å². The van der Waals surface area contributed by atoms with Crippen molar-refractivity contribution in [2.45, 2.75) is 59.3 Å². The van der Waals surface area contributed by atoms with Gasteiger partial charge in [-0.15, -0.1) is 0 Å². The van der Waals surface area contributed by atoms with Gasteiger partial charge in [-0.25, -0.2) is 0 Å².